The molecule has 1 amide bonds. The number of nitrogens with one attached hydrogen (secondary N) is 1. The van der Waals surface area contributed by atoms with Gasteiger partial charge >= 0.3 is 4.87 Å². The Balaban J connectivity index is 1.74. The molecule has 4 nitrogen and oxygen atoms in total. The SMILES string of the molecule is Cc1ccc(S[C@H](C)C(=O)Nc2ccc3c(c2)sc(=O)n3C(C)C)cc1. The van der Waals surface area contributed by atoms with Gasteiger partial charge in [0.2, 0.25) is 5.91 Å². The molecule has 0 aliphatic heterocycles. The van der Waals surface area contributed by atoms with Gasteiger partial charge in [-0.2, -0.15) is 0 Å². The predicted molar refractivity (Wildman–Crippen MR) is 112 cm³/mol. The predicted octanol–water partition coefficient (Wildman–Crippen LogP) is 5.07. The highest BCUT2D eigenvalue weighted by molar-refractivity contribution is 8.00. The summed E-state index contributed by atoms with van der Waals surface area (Å²) in [5.74, 6) is -0.0504. The van der Waals surface area contributed by atoms with Crippen LogP contribution in [0.4, 0.5) is 5.69 Å². The minimum Gasteiger partial charge on any atom is -0.325 e. The van der Waals surface area contributed by atoms with Crippen LogP contribution < -0.4 is 10.2 Å². The van der Waals surface area contributed by atoms with Gasteiger partial charge in [-0.3, -0.25) is 14.2 Å². The molecule has 0 saturated carbocycles. The number of anilines is 1. The van der Waals surface area contributed by atoms with Crippen LogP contribution in [0.15, 0.2) is 52.2 Å². The van der Waals surface area contributed by atoms with Gasteiger partial charge in [0.1, 0.15) is 0 Å². The van der Waals surface area contributed by atoms with Crippen molar-refractivity contribution in [1.29, 1.82) is 0 Å². The molecule has 6 heteroatoms. The molecule has 1 aromatic heterocycles. The number of aromatic nitrogens is 1. The molecule has 0 fully saturated rings. The maximum atomic E-state index is 12.5. The van der Waals surface area contributed by atoms with Crippen LogP contribution in [0.25, 0.3) is 10.2 Å². The largest absolute Gasteiger partial charge is 0.325 e. The van der Waals surface area contributed by atoms with Crippen molar-refractivity contribution in [2.75, 3.05) is 5.32 Å². The van der Waals surface area contributed by atoms with Crippen molar-refractivity contribution < 1.29 is 4.79 Å². The minimum atomic E-state index is -0.215. The smallest absolute Gasteiger partial charge is 0.308 e. The molecule has 3 rings (SSSR count). The summed E-state index contributed by atoms with van der Waals surface area (Å²) in [7, 11) is 0. The number of fused-ring (bicyclic) bond motifs is 1. The first kappa shape index (κ1) is 18.7. The normalized spacial score (nSPS) is 12.5. The summed E-state index contributed by atoms with van der Waals surface area (Å²) in [6.45, 7) is 7.92. The average molecular weight is 387 g/mol. The first-order valence-electron chi connectivity index (χ1n) is 8.54. The summed E-state index contributed by atoms with van der Waals surface area (Å²) in [6.07, 6.45) is 0. The van der Waals surface area contributed by atoms with Crippen molar-refractivity contribution in [3.8, 4) is 0 Å². The monoisotopic (exact) mass is 386 g/mol. The highest BCUT2D eigenvalue weighted by Gasteiger charge is 2.16. The highest BCUT2D eigenvalue weighted by Crippen LogP contribution is 2.27. The van der Waals surface area contributed by atoms with Crippen molar-refractivity contribution in [3.63, 3.8) is 0 Å². The zero-order valence-electron chi connectivity index (χ0n) is 15.3. The molecule has 1 N–H and O–H groups in total. The Morgan fingerprint density at radius 2 is 1.81 bits per heavy atom. The first-order valence-corrected chi connectivity index (χ1v) is 10.2. The average Bonchev–Trinajstić information content (AvgIpc) is 2.92. The van der Waals surface area contributed by atoms with Gasteiger partial charge in [0.05, 0.1) is 15.5 Å². The lowest BCUT2D eigenvalue weighted by Gasteiger charge is -2.13. The van der Waals surface area contributed by atoms with Crippen LogP contribution in [0.1, 0.15) is 32.4 Å². The Labute approximate surface area is 161 Å². The Bertz CT molecular complexity index is 987. The fourth-order valence-electron chi connectivity index (χ4n) is 2.72. The fraction of sp³-hybridized carbons (Fsp3) is 0.300. The molecule has 2 aromatic carbocycles. The van der Waals surface area contributed by atoms with Gasteiger partial charge in [0.15, 0.2) is 0 Å². The minimum absolute atomic E-state index is 0.0294. The summed E-state index contributed by atoms with van der Waals surface area (Å²) in [5.41, 5.74) is 2.83. The number of thioether (sulfide) groups is 1. The molecule has 0 unspecified atom stereocenters. The van der Waals surface area contributed by atoms with E-state index in [0.29, 0.717) is 0 Å². The second kappa shape index (κ2) is 7.68. The van der Waals surface area contributed by atoms with E-state index in [9.17, 15) is 9.59 Å². The maximum Gasteiger partial charge on any atom is 0.308 e. The summed E-state index contributed by atoms with van der Waals surface area (Å²) in [4.78, 5) is 25.7. The Kier molecular flexibility index (Phi) is 5.53. The lowest BCUT2D eigenvalue weighted by atomic mass is 10.2. The number of aryl methyl sites for hydroxylation is 1. The Hall–Kier alpha value is -2.05. The van der Waals surface area contributed by atoms with Gasteiger partial charge in [-0.15, -0.1) is 11.8 Å². The third kappa shape index (κ3) is 4.02. The van der Waals surface area contributed by atoms with E-state index in [-0.39, 0.29) is 22.1 Å². The van der Waals surface area contributed by atoms with Crippen molar-refractivity contribution in [2.24, 2.45) is 0 Å². The third-order valence-corrected chi connectivity index (χ3v) is 6.13. The van der Waals surface area contributed by atoms with Gasteiger partial charge in [-0.25, -0.2) is 0 Å². The maximum absolute atomic E-state index is 12.5. The third-order valence-electron chi connectivity index (χ3n) is 4.10. The standard InChI is InChI=1S/C20H22N2O2S2/c1-12(2)22-17-10-7-15(11-18(17)26-20(22)24)21-19(23)14(4)25-16-8-5-13(3)6-9-16/h5-12,14H,1-4H3,(H,21,23)/t14-/m1/s1. The lowest BCUT2D eigenvalue weighted by molar-refractivity contribution is -0.115. The van der Waals surface area contributed by atoms with Crippen LogP contribution in [0.3, 0.4) is 0 Å². The first-order chi connectivity index (χ1) is 12.3. The second-order valence-corrected chi connectivity index (χ2v) is 8.98. The summed E-state index contributed by atoms with van der Waals surface area (Å²) in [6, 6.07) is 13.9. The molecule has 0 bridgehead atoms. The number of nitrogens with zero attached hydrogens (tertiary/aromatic N) is 1. The zero-order valence-corrected chi connectivity index (χ0v) is 16.9. The quantitative estimate of drug-likeness (QED) is 0.623. The van der Waals surface area contributed by atoms with E-state index < -0.39 is 0 Å². The van der Waals surface area contributed by atoms with E-state index >= 15 is 0 Å². The second-order valence-electron chi connectivity index (χ2n) is 6.58. The van der Waals surface area contributed by atoms with E-state index in [1.165, 1.54) is 28.7 Å². The molecule has 0 aliphatic carbocycles. The van der Waals surface area contributed by atoms with Crippen LogP contribution in [0, 0.1) is 6.92 Å². The van der Waals surface area contributed by atoms with Crippen LogP contribution in [-0.2, 0) is 4.79 Å². The summed E-state index contributed by atoms with van der Waals surface area (Å²) in [5, 5.41) is 2.74. The molecule has 0 saturated heterocycles. The van der Waals surface area contributed by atoms with Gasteiger partial charge in [-0.1, -0.05) is 29.0 Å². The number of rotatable bonds is 5. The van der Waals surface area contributed by atoms with Crippen LogP contribution in [0.2, 0.25) is 0 Å². The van der Waals surface area contributed by atoms with Gasteiger partial charge in [0, 0.05) is 16.6 Å². The lowest BCUT2D eigenvalue weighted by Crippen LogP contribution is -2.22. The van der Waals surface area contributed by atoms with E-state index in [0.717, 1.165) is 20.8 Å². The Morgan fingerprint density at radius 3 is 2.46 bits per heavy atom. The van der Waals surface area contributed by atoms with Gasteiger partial charge < -0.3 is 5.32 Å². The van der Waals surface area contributed by atoms with Crippen LogP contribution in [-0.4, -0.2) is 15.7 Å². The number of hydrogen-bond donors (Lipinski definition) is 1. The zero-order chi connectivity index (χ0) is 18.8. The van der Waals surface area contributed by atoms with Crippen molar-refractivity contribution in [3.05, 3.63) is 57.7 Å². The number of amides is 1. The molecule has 1 heterocycles. The van der Waals surface area contributed by atoms with Crippen molar-refractivity contribution in [2.45, 2.75) is 43.9 Å². The summed E-state index contributed by atoms with van der Waals surface area (Å²) >= 11 is 2.74. The molecule has 0 aliphatic rings. The molecule has 0 spiro atoms. The molecule has 1 atom stereocenters. The summed E-state index contributed by atoms with van der Waals surface area (Å²) < 4.78 is 2.67. The van der Waals surface area contributed by atoms with E-state index in [1.807, 2.05) is 70.2 Å². The number of carbonyl (C=O) groups is 1. The number of benzene rings is 2. The molecule has 136 valence electrons. The highest BCUT2D eigenvalue weighted by atomic mass is 32.2. The van der Waals surface area contributed by atoms with E-state index in [4.69, 9.17) is 0 Å². The van der Waals surface area contributed by atoms with Gasteiger partial charge in [-0.05, 0) is 58.0 Å². The Morgan fingerprint density at radius 1 is 1.12 bits per heavy atom. The molecule has 3 aromatic rings. The van der Waals surface area contributed by atoms with Crippen LogP contribution >= 0.6 is 23.1 Å². The molecule has 0 radical (unpaired) electrons. The number of carbonyl (C=O) groups excluding carboxylic acids is 1. The number of hydrogen-bond acceptors (Lipinski definition) is 4. The molecular formula is C20H22N2O2S2. The van der Waals surface area contributed by atoms with E-state index in [2.05, 4.69) is 5.32 Å². The van der Waals surface area contributed by atoms with Gasteiger partial charge in [0.25, 0.3) is 0 Å². The van der Waals surface area contributed by atoms with E-state index in [1.54, 1.807) is 4.57 Å². The van der Waals surface area contributed by atoms with Crippen molar-refractivity contribution in [1.82, 2.24) is 4.57 Å². The molecular weight excluding hydrogens is 364 g/mol. The number of thiazole rings is 1. The molecule has 26 heavy (non-hydrogen) atoms. The fourth-order valence-corrected chi connectivity index (χ4v) is 4.64. The van der Waals surface area contributed by atoms with Crippen LogP contribution in [0.5, 0.6) is 0 Å². The topological polar surface area (TPSA) is 51.1 Å². The van der Waals surface area contributed by atoms with Crippen molar-refractivity contribution >= 4 is 44.9 Å².